The molecule has 2 nitrogen and oxygen atoms in total. The molecule has 0 aromatic heterocycles. The molecule has 0 saturated heterocycles. The molecule has 0 aliphatic carbocycles. The van der Waals surface area contributed by atoms with E-state index in [-0.39, 0.29) is 24.1 Å². The predicted octanol–water partition coefficient (Wildman–Crippen LogP) is 3.18. The number of ketones is 1. The zero-order valence-corrected chi connectivity index (χ0v) is 9.60. The van der Waals surface area contributed by atoms with Crippen molar-refractivity contribution in [3.05, 3.63) is 65.5 Å². The number of carbonyl (C=O) groups excluding carboxylic acids is 1. The molecule has 0 saturated carbocycles. The lowest BCUT2D eigenvalue weighted by Crippen LogP contribution is -2.26. The summed E-state index contributed by atoms with van der Waals surface area (Å²) in [6, 6.07) is 13.9. The zero-order valence-electron chi connectivity index (χ0n) is 9.60. The SMILES string of the molecule is O=C1c2cccc(F)c2OCC1c1ccccc1. The van der Waals surface area contributed by atoms with Gasteiger partial charge in [0, 0.05) is 0 Å². The van der Waals surface area contributed by atoms with Crippen LogP contribution in [0.4, 0.5) is 4.39 Å². The molecule has 1 aliphatic rings. The Morgan fingerprint density at radius 2 is 1.83 bits per heavy atom. The topological polar surface area (TPSA) is 26.3 Å². The summed E-state index contributed by atoms with van der Waals surface area (Å²) < 4.78 is 18.9. The van der Waals surface area contributed by atoms with Crippen LogP contribution in [0.5, 0.6) is 5.75 Å². The summed E-state index contributed by atoms with van der Waals surface area (Å²) >= 11 is 0. The number of hydrogen-bond acceptors (Lipinski definition) is 2. The van der Waals surface area contributed by atoms with Crippen LogP contribution in [0.25, 0.3) is 0 Å². The second kappa shape index (κ2) is 4.26. The van der Waals surface area contributed by atoms with Crippen molar-refractivity contribution in [2.24, 2.45) is 0 Å². The van der Waals surface area contributed by atoms with Crippen LogP contribution in [0.15, 0.2) is 48.5 Å². The van der Waals surface area contributed by atoms with Gasteiger partial charge in [0.2, 0.25) is 0 Å². The minimum absolute atomic E-state index is 0.0784. The Hall–Kier alpha value is -2.16. The molecule has 2 aromatic rings. The smallest absolute Gasteiger partial charge is 0.177 e. The molecule has 0 amide bonds. The van der Waals surface area contributed by atoms with Gasteiger partial charge in [-0.3, -0.25) is 4.79 Å². The van der Waals surface area contributed by atoms with Gasteiger partial charge in [0.15, 0.2) is 17.3 Å². The Kier molecular flexibility index (Phi) is 2.59. The third-order valence-corrected chi connectivity index (χ3v) is 3.15. The van der Waals surface area contributed by atoms with Gasteiger partial charge < -0.3 is 4.74 Å². The molecule has 18 heavy (non-hydrogen) atoms. The van der Waals surface area contributed by atoms with Gasteiger partial charge in [0.1, 0.15) is 6.61 Å². The van der Waals surface area contributed by atoms with E-state index < -0.39 is 5.82 Å². The van der Waals surface area contributed by atoms with E-state index in [1.54, 1.807) is 6.07 Å². The highest BCUT2D eigenvalue weighted by Gasteiger charge is 2.31. The van der Waals surface area contributed by atoms with Crippen molar-refractivity contribution in [1.29, 1.82) is 0 Å². The van der Waals surface area contributed by atoms with Gasteiger partial charge >= 0.3 is 0 Å². The van der Waals surface area contributed by atoms with Gasteiger partial charge in [0.05, 0.1) is 11.5 Å². The highest BCUT2D eigenvalue weighted by molar-refractivity contribution is 6.04. The zero-order chi connectivity index (χ0) is 12.5. The summed E-state index contributed by atoms with van der Waals surface area (Å²) in [6.07, 6.45) is 0. The molecule has 3 rings (SSSR count). The van der Waals surface area contributed by atoms with Crippen molar-refractivity contribution in [2.45, 2.75) is 5.92 Å². The Bertz CT molecular complexity index is 593. The van der Waals surface area contributed by atoms with Crippen LogP contribution in [0.3, 0.4) is 0 Å². The maximum Gasteiger partial charge on any atom is 0.177 e. The van der Waals surface area contributed by atoms with E-state index in [0.717, 1.165) is 5.56 Å². The van der Waals surface area contributed by atoms with Gasteiger partial charge in [0.25, 0.3) is 0 Å². The number of fused-ring (bicyclic) bond motifs is 1. The summed E-state index contributed by atoms with van der Waals surface area (Å²) in [5.74, 6) is -0.829. The largest absolute Gasteiger partial charge is 0.489 e. The first-order valence-electron chi connectivity index (χ1n) is 5.78. The lowest BCUT2D eigenvalue weighted by molar-refractivity contribution is 0.0891. The standard InChI is InChI=1S/C15H11FO2/c16-13-8-4-7-11-14(17)12(9-18-15(11)13)10-5-2-1-3-6-10/h1-8,12H,9H2. The number of benzene rings is 2. The summed E-state index contributed by atoms with van der Waals surface area (Å²) in [5, 5.41) is 0. The van der Waals surface area contributed by atoms with Crippen LogP contribution in [0.2, 0.25) is 0 Å². The molecule has 0 N–H and O–H groups in total. The summed E-state index contributed by atoms with van der Waals surface area (Å²) in [6.45, 7) is 0.191. The highest BCUT2D eigenvalue weighted by atomic mass is 19.1. The van der Waals surface area contributed by atoms with E-state index in [1.807, 2.05) is 30.3 Å². The second-order valence-electron chi connectivity index (χ2n) is 4.26. The van der Waals surface area contributed by atoms with Gasteiger partial charge in [-0.25, -0.2) is 4.39 Å². The van der Waals surface area contributed by atoms with Crippen LogP contribution in [-0.2, 0) is 0 Å². The lowest BCUT2D eigenvalue weighted by Gasteiger charge is -2.24. The van der Waals surface area contributed by atoms with Crippen molar-refractivity contribution >= 4 is 5.78 Å². The summed E-state index contributed by atoms with van der Waals surface area (Å²) in [4.78, 5) is 12.3. The van der Waals surface area contributed by atoms with Crippen molar-refractivity contribution in [3.63, 3.8) is 0 Å². The molecule has 0 spiro atoms. The fourth-order valence-electron chi connectivity index (χ4n) is 2.21. The molecule has 2 aromatic carbocycles. The van der Waals surface area contributed by atoms with Crippen LogP contribution in [-0.4, -0.2) is 12.4 Å². The molecule has 0 bridgehead atoms. The normalized spacial score (nSPS) is 18.1. The van der Waals surface area contributed by atoms with E-state index in [1.165, 1.54) is 12.1 Å². The lowest BCUT2D eigenvalue weighted by atomic mass is 9.89. The van der Waals surface area contributed by atoms with Gasteiger partial charge in [-0.1, -0.05) is 36.4 Å². The summed E-state index contributed by atoms with van der Waals surface area (Å²) in [7, 11) is 0. The average Bonchev–Trinajstić information content (AvgIpc) is 2.41. The van der Waals surface area contributed by atoms with E-state index in [9.17, 15) is 9.18 Å². The maximum absolute atomic E-state index is 13.5. The van der Waals surface area contributed by atoms with Crippen molar-refractivity contribution < 1.29 is 13.9 Å². The molecule has 1 aliphatic heterocycles. The number of rotatable bonds is 1. The minimum Gasteiger partial charge on any atom is -0.489 e. The molecule has 90 valence electrons. The van der Waals surface area contributed by atoms with E-state index in [4.69, 9.17) is 4.74 Å². The first-order chi connectivity index (χ1) is 8.77. The monoisotopic (exact) mass is 242 g/mol. The fourth-order valence-corrected chi connectivity index (χ4v) is 2.21. The minimum atomic E-state index is -0.479. The third-order valence-electron chi connectivity index (χ3n) is 3.15. The third kappa shape index (κ3) is 1.68. The van der Waals surface area contributed by atoms with E-state index >= 15 is 0 Å². The summed E-state index contributed by atoms with van der Waals surface area (Å²) in [5.41, 5.74) is 1.23. The van der Waals surface area contributed by atoms with Gasteiger partial charge in [-0.2, -0.15) is 0 Å². The number of para-hydroxylation sites is 1. The Balaban J connectivity index is 2.03. The van der Waals surface area contributed by atoms with Crippen LogP contribution >= 0.6 is 0 Å². The molecule has 1 unspecified atom stereocenters. The first-order valence-corrected chi connectivity index (χ1v) is 5.78. The predicted molar refractivity (Wildman–Crippen MR) is 65.4 cm³/mol. The first kappa shape index (κ1) is 11.0. The van der Waals surface area contributed by atoms with Gasteiger partial charge in [-0.15, -0.1) is 0 Å². The quantitative estimate of drug-likeness (QED) is 0.767. The van der Waals surface area contributed by atoms with Crippen molar-refractivity contribution in [1.82, 2.24) is 0 Å². The number of hydrogen-bond donors (Lipinski definition) is 0. The number of halogens is 1. The van der Waals surface area contributed by atoms with Crippen LogP contribution < -0.4 is 4.74 Å². The van der Waals surface area contributed by atoms with Crippen LogP contribution in [0, 0.1) is 5.82 Å². The number of carbonyl (C=O) groups is 1. The second-order valence-corrected chi connectivity index (χ2v) is 4.26. The molecular weight excluding hydrogens is 231 g/mol. The van der Waals surface area contributed by atoms with E-state index in [2.05, 4.69) is 0 Å². The number of Topliss-reactive ketones (excluding diaryl/α,β-unsaturated/α-hetero) is 1. The van der Waals surface area contributed by atoms with Crippen LogP contribution in [0.1, 0.15) is 21.8 Å². The average molecular weight is 242 g/mol. The molecule has 0 fully saturated rings. The highest BCUT2D eigenvalue weighted by Crippen LogP contribution is 2.33. The molecule has 1 heterocycles. The Morgan fingerprint density at radius 1 is 1.06 bits per heavy atom. The van der Waals surface area contributed by atoms with Crippen molar-refractivity contribution in [2.75, 3.05) is 6.61 Å². The van der Waals surface area contributed by atoms with Crippen molar-refractivity contribution in [3.8, 4) is 5.75 Å². The molecule has 1 atom stereocenters. The molecular formula is C15H11FO2. The fraction of sp³-hybridized carbons (Fsp3) is 0.133. The molecule has 3 heteroatoms. The van der Waals surface area contributed by atoms with E-state index in [0.29, 0.717) is 5.56 Å². The molecule has 0 radical (unpaired) electrons. The Labute approximate surface area is 104 Å². The Morgan fingerprint density at radius 3 is 2.61 bits per heavy atom. The number of ether oxygens (including phenoxy) is 1. The maximum atomic E-state index is 13.5. The van der Waals surface area contributed by atoms with Gasteiger partial charge in [-0.05, 0) is 17.7 Å².